The van der Waals surface area contributed by atoms with Crippen molar-refractivity contribution in [3.8, 4) is 0 Å². The third-order valence-electron chi connectivity index (χ3n) is 3.41. The zero-order chi connectivity index (χ0) is 12.5. The third-order valence-corrected chi connectivity index (χ3v) is 5.12. The van der Waals surface area contributed by atoms with E-state index in [9.17, 15) is 8.42 Å². The van der Waals surface area contributed by atoms with Crippen molar-refractivity contribution in [2.45, 2.75) is 25.8 Å². The molecule has 0 spiro atoms. The van der Waals surface area contributed by atoms with Gasteiger partial charge in [-0.25, -0.2) is 8.42 Å². The molecule has 0 radical (unpaired) electrons. The highest BCUT2D eigenvalue weighted by atomic mass is 32.2. The predicted molar refractivity (Wildman–Crippen MR) is 66.2 cm³/mol. The molecule has 1 aromatic rings. The summed E-state index contributed by atoms with van der Waals surface area (Å²) in [6, 6.07) is 2.02. The molecule has 96 valence electrons. The molecule has 0 unspecified atom stereocenters. The molecular weight excluding hydrogens is 238 g/mol. The summed E-state index contributed by atoms with van der Waals surface area (Å²) in [7, 11) is -0.875. The average molecular weight is 257 g/mol. The number of hydrogen-bond acceptors (Lipinski definition) is 4. The first-order valence-electron chi connectivity index (χ1n) is 5.92. The Morgan fingerprint density at radius 1 is 1.47 bits per heavy atom. The highest BCUT2D eigenvalue weighted by Gasteiger charge is 2.24. The van der Waals surface area contributed by atoms with Crippen LogP contribution in [0.2, 0.25) is 0 Å². The van der Waals surface area contributed by atoms with E-state index in [1.54, 1.807) is 4.68 Å². The number of aryl methyl sites for hydroxylation is 1. The fraction of sp³-hybridized carbons (Fsp3) is 0.727. The van der Waals surface area contributed by atoms with Crippen LogP contribution in [0, 0.1) is 5.92 Å². The molecule has 17 heavy (non-hydrogen) atoms. The molecule has 1 aliphatic rings. The van der Waals surface area contributed by atoms with Crippen molar-refractivity contribution in [1.29, 1.82) is 0 Å². The number of sulfone groups is 1. The van der Waals surface area contributed by atoms with E-state index in [1.165, 1.54) is 0 Å². The van der Waals surface area contributed by atoms with Crippen molar-refractivity contribution in [3.63, 3.8) is 0 Å². The second-order valence-electron chi connectivity index (χ2n) is 4.75. The summed E-state index contributed by atoms with van der Waals surface area (Å²) in [6.07, 6.45) is 2.39. The fourth-order valence-corrected chi connectivity index (χ4v) is 3.89. The minimum absolute atomic E-state index is 0.328. The van der Waals surface area contributed by atoms with Gasteiger partial charge in [-0.05, 0) is 31.2 Å². The lowest BCUT2D eigenvalue weighted by Crippen LogP contribution is -2.24. The highest BCUT2D eigenvalue weighted by molar-refractivity contribution is 7.91. The molecule has 1 aliphatic heterocycles. The van der Waals surface area contributed by atoms with Gasteiger partial charge in [0.1, 0.15) is 9.84 Å². The molecule has 6 heteroatoms. The molecule has 0 aromatic carbocycles. The Morgan fingerprint density at radius 3 is 2.65 bits per heavy atom. The van der Waals surface area contributed by atoms with Crippen molar-refractivity contribution in [3.05, 3.63) is 17.5 Å². The van der Waals surface area contributed by atoms with E-state index >= 15 is 0 Å². The van der Waals surface area contributed by atoms with Crippen LogP contribution in [0.5, 0.6) is 0 Å². The lowest BCUT2D eigenvalue weighted by atomic mass is 9.97. The van der Waals surface area contributed by atoms with E-state index < -0.39 is 9.84 Å². The normalized spacial score (nSPS) is 20.6. The predicted octanol–water partition coefficient (Wildman–Crippen LogP) is 0.246. The molecule has 1 aromatic heterocycles. The quantitative estimate of drug-likeness (QED) is 0.841. The minimum atomic E-state index is -2.76. The fourth-order valence-electron chi connectivity index (χ4n) is 2.30. The topological polar surface area (TPSA) is 78.0 Å². The van der Waals surface area contributed by atoms with Crippen LogP contribution in [0.4, 0.5) is 0 Å². The maximum Gasteiger partial charge on any atom is 0.150 e. The van der Waals surface area contributed by atoms with Crippen LogP contribution in [-0.4, -0.2) is 29.7 Å². The molecule has 2 heterocycles. The maximum atomic E-state index is 11.3. The van der Waals surface area contributed by atoms with Crippen LogP contribution in [0.25, 0.3) is 0 Å². The van der Waals surface area contributed by atoms with Gasteiger partial charge in [0.2, 0.25) is 0 Å². The van der Waals surface area contributed by atoms with E-state index in [4.69, 9.17) is 5.73 Å². The van der Waals surface area contributed by atoms with E-state index in [-0.39, 0.29) is 0 Å². The van der Waals surface area contributed by atoms with Gasteiger partial charge in [0.05, 0.1) is 22.9 Å². The number of aromatic nitrogens is 2. The van der Waals surface area contributed by atoms with E-state index in [1.807, 2.05) is 13.1 Å². The monoisotopic (exact) mass is 257 g/mol. The first-order valence-corrected chi connectivity index (χ1v) is 7.74. The zero-order valence-electron chi connectivity index (χ0n) is 10.1. The highest BCUT2D eigenvalue weighted by Crippen LogP contribution is 2.22. The van der Waals surface area contributed by atoms with Crippen molar-refractivity contribution in [2.75, 3.05) is 11.5 Å². The van der Waals surface area contributed by atoms with Crippen molar-refractivity contribution in [2.24, 2.45) is 18.7 Å². The molecule has 0 bridgehead atoms. The van der Waals surface area contributed by atoms with Crippen molar-refractivity contribution < 1.29 is 8.42 Å². The van der Waals surface area contributed by atoms with E-state index in [2.05, 4.69) is 5.10 Å². The summed E-state index contributed by atoms with van der Waals surface area (Å²) >= 11 is 0. The van der Waals surface area contributed by atoms with Gasteiger partial charge < -0.3 is 5.73 Å². The maximum absolute atomic E-state index is 11.3. The molecule has 2 rings (SSSR count). The summed E-state index contributed by atoms with van der Waals surface area (Å²) < 4.78 is 24.4. The summed E-state index contributed by atoms with van der Waals surface area (Å²) in [4.78, 5) is 0. The van der Waals surface area contributed by atoms with Gasteiger partial charge >= 0.3 is 0 Å². The lowest BCUT2D eigenvalue weighted by molar-refractivity contribution is 0.456. The minimum Gasteiger partial charge on any atom is -0.325 e. The van der Waals surface area contributed by atoms with Gasteiger partial charge in [-0.3, -0.25) is 4.68 Å². The summed E-state index contributed by atoms with van der Waals surface area (Å²) in [6.45, 7) is 0.489. The Morgan fingerprint density at radius 2 is 2.12 bits per heavy atom. The molecule has 0 aliphatic carbocycles. The average Bonchev–Trinajstić information content (AvgIpc) is 2.62. The molecular formula is C11H19N3O2S. The Bertz CT molecular complexity index is 479. The van der Waals surface area contributed by atoms with Crippen LogP contribution in [0.1, 0.15) is 24.2 Å². The van der Waals surface area contributed by atoms with E-state index in [0.717, 1.165) is 30.7 Å². The molecule has 1 saturated heterocycles. The summed E-state index contributed by atoms with van der Waals surface area (Å²) in [5, 5.41) is 4.40. The standard InChI is InChI=1S/C11H19N3O2S/c1-14-11(8-12)7-10(13-14)6-9-2-4-17(15,16)5-3-9/h7,9H,2-6,8,12H2,1H3. The molecule has 0 atom stereocenters. The second-order valence-corrected chi connectivity index (χ2v) is 7.06. The van der Waals surface area contributed by atoms with Crippen LogP contribution < -0.4 is 5.73 Å². The number of hydrogen-bond donors (Lipinski definition) is 1. The Labute approximate surface area is 102 Å². The molecule has 1 fully saturated rings. The third kappa shape index (κ3) is 3.07. The zero-order valence-corrected chi connectivity index (χ0v) is 10.9. The molecule has 0 amide bonds. The van der Waals surface area contributed by atoms with Crippen LogP contribution in [-0.2, 0) is 29.9 Å². The Balaban J connectivity index is 1.97. The summed E-state index contributed by atoms with van der Waals surface area (Å²) in [5.41, 5.74) is 7.63. The largest absolute Gasteiger partial charge is 0.325 e. The van der Waals surface area contributed by atoms with Gasteiger partial charge in [0.15, 0.2) is 0 Å². The van der Waals surface area contributed by atoms with Crippen LogP contribution >= 0.6 is 0 Å². The number of nitrogens with zero attached hydrogens (tertiary/aromatic N) is 2. The van der Waals surface area contributed by atoms with Gasteiger partial charge in [0, 0.05) is 13.6 Å². The first kappa shape index (κ1) is 12.6. The molecule has 5 nitrogen and oxygen atoms in total. The van der Waals surface area contributed by atoms with E-state index in [0.29, 0.717) is 24.0 Å². The Kier molecular flexibility index (Phi) is 3.53. The number of nitrogens with two attached hydrogens (primary N) is 1. The first-order chi connectivity index (χ1) is 8.00. The van der Waals surface area contributed by atoms with Crippen LogP contribution in [0.3, 0.4) is 0 Å². The van der Waals surface area contributed by atoms with Crippen molar-refractivity contribution in [1.82, 2.24) is 9.78 Å². The van der Waals surface area contributed by atoms with Gasteiger partial charge in [-0.15, -0.1) is 0 Å². The second kappa shape index (κ2) is 4.78. The SMILES string of the molecule is Cn1nc(CC2CCS(=O)(=O)CC2)cc1CN. The lowest BCUT2D eigenvalue weighted by Gasteiger charge is -2.20. The van der Waals surface area contributed by atoms with Gasteiger partial charge in [-0.2, -0.15) is 5.10 Å². The Hall–Kier alpha value is -0.880. The van der Waals surface area contributed by atoms with Crippen LogP contribution in [0.15, 0.2) is 6.07 Å². The van der Waals surface area contributed by atoms with Crippen molar-refractivity contribution >= 4 is 9.84 Å². The summed E-state index contributed by atoms with van der Waals surface area (Å²) in [5.74, 6) is 1.10. The number of rotatable bonds is 3. The molecule has 2 N–H and O–H groups in total. The van der Waals surface area contributed by atoms with Gasteiger partial charge in [-0.1, -0.05) is 0 Å². The molecule has 0 saturated carbocycles. The smallest absolute Gasteiger partial charge is 0.150 e. The van der Waals surface area contributed by atoms with Gasteiger partial charge in [0.25, 0.3) is 0 Å².